The maximum Gasteiger partial charge on any atom is 0.221 e. The first-order valence-electron chi connectivity index (χ1n) is 5.69. The molecule has 5 heteroatoms. The largest absolute Gasteiger partial charge is 0.478 e. The predicted molar refractivity (Wildman–Crippen MR) is 67.1 cm³/mol. The molecular formula is C12H20N2O3. The molecule has 0 atom stereocenters. The van der Waals surface area contributed by atoms with Crippen LogP contribution in [0.5, 0.6) is 5.88 Å². The van der Waals surface area contributed by atoms with Gasteiger partial charge < -0.3 is 15.2 Å². The van der Waals surface area contributed by atoms with E-state index in [1.165, 1.54) is 13.1 Å². The molecule has 0 aliphatic carbocycles. The normalized spacial score (nSPS) is 8.94. The zero-order valence-corrected chi connectivity index (χ0v) is 10.6. The van der Waals surface area contributed by atoms with Crippen LogP contribution in [0.25, 0.3) is 0 Å². The number of nitrogens with zero attached hydrogens (tertiary/aromatic N) is 1. The van der Waals surface area contributed by atoms with Crippen molar-refractivity contribution in [1.29, 1.82) is 0 Å². The van der Waals surface area contributed by atoms with Crippen LogP contribution < -0.4 is 10.1 Å². The third kappa shape index (κ3) is 7.30. The van der Waals surface area contributed by atoms with Crippen LogP contribution in [-0.4, -0.2) is 29.2 Å². The zero-order valence-electron chi connectivity index (χ0n) is 10.6. The topological polar surface area (TPSA) is 71.5 Å². The summed E-state index contributed by atoms with van der Waals surface area (Å²) in [6.45, 7) is 5.97. The number of anilines is 1. The number of hydrogen-bond donors (Lipinski definition) is 2. The van der Waals surface area contributed by atoms with Crippen LogP contribution in [0.2, 0.25) is 0 Å². The summed E-state index contributed by atoms with van der Waals surface area (Å²) in [4.78, 5) is 14.7. The molecule has 0 bridgehead atoms. The number of aliphatic hydroxyl groups is 1. The smallest absolute Gasteiger partial charge is 0.221 e. The van der Waals surface area contributed by atoms with Crippen LogP contribution in [0.15, 0.2) is 18.3 Å². The Morgan fingerprint density at radius 3 is 2.65 bits per heavy atom. The van der Waals surface area contributed by atoms with E-state index in [4.69, 9.17) is 9.84 Å². The number of pyridine rings is 1. The van der Waals surface area contributed by atoms with E-state index < -0.39 is 0 Å². The fourth-order valence-corrected chi connectivity index (χ4v) is 0.984. The molecule has 0 saturated carbocycles. The Balaban J connectivity index is 0.00000121. The quantitative estimate of drug-likeness (QED) is 0.770. The van der Waals surface area contributed by atoms with Crippen molar-refractivity contribution < 1.29 is 14.6 Å². The van der Waals surface area contributed by atoms with Gasteiger partial charge in [0.1, 0.15) is 0 Å². The minimum atomic E-state index is -0.134. The molecule has 1 heterocycles. The molecule has 0 fully saturated rings. The van der Waals surface area contributed by atoms with Gasteiger partial charge in [0.2, 0.25) is 11.8 Å². The SMILES string of the molecule is CC.CC(=O)Nc1ccc(OCCCO)nc1. The molecule has 1 aromatic heterocycles. The van der Waals surface area contributed by atoms with E-state index >= 15 is 0 Å². The van der Waals surface area contributed by atoms with Gasteiger partial charge in [-0.1, -0.05) is 13.8 Å². The van der Waals surface area contributed by atoms with Crippen molar-refractivity contribution >= 4 is 11.6 Å². The summed E-state index contributed by atoms with van der Waals surface area (Å²) in [6.07, 6.45) is 2.10. The Morgan fingerprint density at radius 2 is 2.18 bits per heavy atom. The van der Waals surface area contributed by atoms with E-state index in [0.717, 1.165) is 0 Å². The first-order chi connectivity index (χ1) is 8.22. The van der Waals surface area contributed by atoms with Crippen LogP contribution in [-0.2, 0) is 4.79 Å². The number of hydrogen-bond acceptors (Lipinski definition) is 4. The van der Waals surface area contributed by atoms with Gasteiger partial charge in [0.05, 0.1) is 18.5 Å². The maximum atomic E-state index is 10.7. The standard InChI is InChI=1S/C10H14N2O3.C2H6/c1-8(14)12-9-3-4-10(11-7-9)15-6-2-5-13;1-2/h3-4,7,13H,2,5-6H2,1H3,(H,12,14);1-2H3. The van der Waals surface area contributed by atoms with Crippen LogP contribution >= 0.6 is 0 Å². The van der Waals surface area contributed by atoms with Crippen molar-refractivity contribution in [2.24, 2.45) is 0 Å². The van der Waals surface area contributed by atoms with Crippen molar-refractivity contribution in [3.05, 3.63) is 18.3 Å². The van der Waals surface area contributed by atoms with E-state index in [0.29, 0.717) is 24.6 Å². The van der Waals surface area contributed by atoms with Gasteiger partial charge in [0.15, 0.2) is 0 Å². The van der Waals surface area contributed by atoms with Gasteiger partial charge in [-0.3, -0.25) is 4.79 Å². The molecule has 1 aromatic rings. The molecule has 17 heavy (non-hydrogen) atoms. The van der Waals surface area contributed by atoms with Crippen molar-refractivity contribution in [2.75, 3.05) is 18.5 Å². The summed E-state index contributed by atoms with van der Waals surface area (Å²) < 4.78 is 5.22. The van der Waals surface area contributed by atoms with Gasteiger partial charge in [-0.2, -0.15) is 0 Å². The van der Waals surface area contributed by atoms with Gasteiger partial charge in [0, 0.05) is 26.0 Å². The average molecular weight is 240 g/mol. The van der Waals surface area contributed by atoms with Crippen LogP contribution in [0.4, 0.5) is 5.69 Å². The summed E-state index contributed by atoms with van der Waals surface area (Å²) in [7, 11) is 0. The molecule has 5 nitrogen and oxygen atoms in total. The lowest BCUT2D eigenvalue weighted by molar-refractivity contribution is -0.114. The monoisotopic (exact) mass is 240 g/mol. The Kier molecular flexibility index (Phi) is 8.68. The number of ether oxygens (including phenoxy) is 1. The average Bonchev–Trinajstić information content (AvgIpc) is 2.34. The Morgan fingerprint density at radius 1 is 1.47 bits per heavy atom. The molecule has 2 N–H and O–H groups in total. The third-order valence-electron chi connectivity index (χ3n) is 1.61. The van der Waals surface area contributed by atoms with Gasteiger partial charge in [0.25, 0.3) is 0 Å². The van der Waals surface area contributed by atoms with E-state index in [-0.39, 0.29) is 12.5 Å². The Labute approximate surface area is 102 Å². The first kappa shape index (κ1) is 15.4. The van der Waals surface area contributed by atoms with Gasteiger partial charge >= 0.3 is 0 Å². The highest BCUT2D eigenvalue weighted by Crippen LogP contribution is 2.11. The number of carbonyl (C=O) groups is 1. The summed E-state index contributed by atoms with van der Waals surface area (Å²) in [5.41, 5.74) is 0.636. The summed E-state index contributed by atoms with van der Waals surface area (Å²) >= 11 is 0. The summed E-state index contributed by atoms with van der Waals surface area (Å²) in [5.74, 6) is 0.350. The fourth-order valence-electron chi connectivity index (χ4n) is 0.984. The second-order valence-electron chi connectivity index (χ2n) is 2.99. The molecular weight excluding hydrogens is 220 g/mol. The number of rotatable bonds is 5. The molecule has 0 saturated heterocycles. The highest BCUT2D eigenvalue weighted by Gasteiger charge is 1.97. The Hall–Kier alpha value is -1.62. The lowest BCUT2D eigenvalue weighted by Crippen LogP contribution is -2.06. The summed E-state index contributed by atoms with van der Waals surface area (Å²) in [6, 6.07) is 3.38. The molecule has 0 aliphatic heterocycles. The van der Waals surface area contributed by atoms with Crippen molar-refractivity contribution in [1.82, 2.24) is 4.98 Å². The van der Waals surface area contributed by atoms with Crippen molar-refractivity contribution in [2.45, 2.75) is 27.2 Å². The number of amides is 1. The lowest BCUT2D eigenvalue weighted by Gasteiger charge is -2.05. The van der Waals surface area contributed by atoms with Crippen molar-refractivity contribution in [3.8, 4) is 5.88 Å². The second-order valence-corrected chi connectivity index (χ2v) is 2.99. The van der Waals surface area contributed by atoms with Crippen LogP contribution in [0, 0.1) is 0 Å². The zero-order chi connectivity index (χ0) is 13.1. The third-order valence-corrected chi connectivity index (χ3v) is 1.61. The molecule has 96 valence electrons. The highest BCUT2D eigenvalue weighted by molar-refractivity contribution is 5.88. The van der Waals surface area contributed by atoms with Gasteiger partial charge in [-0.15, -0.1) is 0 Å². The number of aliphatic hydroxyl groups excluding tert-OH is 1. The molecule has 0 aromatic carbocycles. The Bertz CT molecular complexity index is 312. The first-order valence-corrected chi connectivity index (χ1v) is 5.69. The fraction of sp³-hybridized carbons (Fsp3) is 0.500. The second kappa shape index (κ2) is 9.59. The molecule has 0 aliphatic rings. The van der Waals surface area contributed by atoms with E-state index in [1.807, 2.05) is 13.8 Å². The maximum absolute atomic E-state index is 10.7. The van der Waals surface area contributed by atoms with E-state index in [2.05, 4.69) is 10.3 Å². The molecule has 1 rings (SSSR count). The predicted octanol–water partition coefficient (Wildman–Crippen LogP) is 1.83. The lowest BCUT2D eigenvalue weighted by atomic mass is 10.4. The van der Waals surface area contributed by atoms with E-state index in [9.17, 15) is 4.79 Å². The minimum absolute atomic E-state index is 0.101. The molecule has 0 unspecified atom stereocenters. The van der Waals surface area contributed by atoms with Crippen molar-refractivity contribution in [3.63, 3.8) is 0 Å². The minimum Gasteiger partial charge on any atom is -0.478 e. The van der Waals surface area contributed by atoms with Crippen LogP contribution in [0.1, 0.15) is 27.2 Å². The number of aromatic nitrogens is 1. The summed E-state index contributed by atoms with van der Waals surface area (Å²) in [5, 5.41) is 11.1. The van der Waals surface area contributed by atoms with Gasteiger partial charge in [-0.05, 0) is 6.07 Å². The number of nitrogens with one attached hydrogen (secondary N) is 1. The molecule has 0 radical (unpaired) electrons. The number of carbonyl (C=O) groups excluding carboxylic acids is 1. The van der Waals surface area contributed by atoms with Crippen LogP contribution in [0.3, 0.4) is 0 Å². The highest BCUT2D eigenvalue weighted by atomic mass is 16.5. The van der Waals surface area contributed by atoms with Gasteiger partial charge in [-0.25, -0.2) is 4.98 Å². The molecule has 0 spiro atoms. The molecule has 1 amide bonds. The van der Waals surface area contributed by atoms with E-state index in [1.54, 1.807) is 12.1 Å².